The first-order valence-corrected chi connectivity index (χ1v) is 12.7. The Labute approximate surface area is 157 Å². The molecule has 2 N–H and O–H groups in total. The van der Waals surface area contributed by atoms with Crippen molar-refractivity contribution in [3.05, 3.63) is 53.9 Å². The number of halogens is 2. The molecule has 6 heteroatoms. The van der Waals surface area contributed by atoms with Crippen molar-refractivity contribution in [2.45, 2.75) is 6.61 Å². The number of benzene rings is 1. The minimum absolute atomic E-state index is 0.0370. The van der Waals surface area contributed by atoms with Crippen molar-refractivity contribution < 1.29 is 25.9 Å². The number of rotatable bonds is 8. The Bertz CT molecular complexity index is 677. The average molecular weight is 536 g/mol. The molecular formula is C17H20I2N3O-. The summed E-state index contributed by atoms with van der Waals surface area (Å²) in [5.74, 6) is 0.938. The summed E-state index contributed by atoms with van der Waals surface area (Å²) in [7, 11) is 2.03. The molecule has 0 saturated heterocycles. The van der Waals surface area contributed by atoms with Gasteiger partial charge in [-0.15, -0.1) is 0 Å². The van der Waals surface area contributed by atoms with Gasteiger partial charge in [-0.1, -0.05) is 0 Å². The van der Waals surface area contributed by atoms with Crippen molar-refractivity contribution in [1.82, 2.24) is 10.3 Å². The van der Waals surface area contributed by atoms with E-state index < -0.39 is 0 Å². The van der Waals surface area contributed by atoms with Crippen molar-refractivity contribution in [3.8, 4) is 5.75 Å². The van der Waals surface area contributed by atoms with Crippen LogP contribution in [0.4, 0.5) is 5.69 Å². The minimum atomic E-state index is -0.0370. The van der Waals surface area contributed by atoms with Gasteiger partial charge in [-0.05, 0) is 0 Å². The van der Waals surface area contributed by atoms with Gasteiger partial charge in [-0.3, -0.25) is 0 Å². The zero-order valence-electron chi connectivity index (χ0n) is 13.0. The zero-order valence-corrected chi connectivity index (χ0v) is 17.3. The van der Waals surface area contributed by atoms with E-state index in [-0.39, 0.29) is 42.2 Å². The molecular weight excluding hydrogens is 516 g/mol. The van der Waals surface area contributed by atoms with E-state index in [0.717, 1.165) is 18.0 Å². The monoisotopic (exact) mass is 536 g/mol. The Hall–Kier alpha value is -0.740. The van der Waals surface area contributed by atoms with Crippen LogP contribution in [-0.2, 0) is 6.61 Å². The molecule has 1 aliphatic heterocycles. The van der Waals surface area contributed by atoms with Gasteiger partial charge in [0.15, 0.2) is 0 Å². The molecule has 0 radical (unpaired) electrons. The second-order valence-corrected chi connectivity index (χ2v) is 10.3. The van der Waals surface area contributed by atoms with E-state index in [1.165, 1.54) is 20.1 Å². The predicted octanol–water partition coefficient (Wildman–Crippen LogP) is -0.199. The number of ether oxygens (including phenoxy) is 1. The number of hydrogen-bond donors (Lipinski definition) is 2. The molecule has 0 fully saturated rings. The van der Waals surface area contributed by atoms with Crippen LogP contribution in [-0.4, -0.2) is 30.9 Å². The fourth-order valence-corrected chi connectivity index (χ4v) is 8.62. The average Bonchev–Trinajstić information content (AvgIpc) is 3.00. The molecule has 0 atom stereocenters. The van der Waals surface area contributed by atoms with Crippen molar-refractivity contribution >= 4 is 30.2 Å². The van der Waals surface area contributed by atoms with Crippen LogP contribution < -0.4 is 34.8 Å². The summed E-state index contributed by atoms with van der Waals surface area (Å²) < 4.78 is 13.8. The number of pyridine rings is 1. The summed E-state index contributed by atoms with van der Waals surface area (Å²) in [5, 5.41) is 3.24. The molecule has 0 bridgehead atoms. The molecule has 0 spiro atoms. The van der Waals surface area contributed by atoms with Gasteiger partial charge in [0.2, 0.25) is 0 Å². The Kier molecular flexibility index (Phi) is 6.64. The third-order valence-electron chi connectivity index (χ3n) is 3.35. The third-order valence-corrected chi connectivity index (χ3v) is 9.88. The summed E-state index contributed by atoms with van der Waals surface area (Å²) in [5.41, 5.74) is 3.64. The van der Waals surface area contributed by atoms with Crippen LogP contribution >= 0.6 is 21.0 Å². The number of fused-ring (bicyclic) bond motifs is 1. The van der Waals surface area contributed by atoms with E-state index in [9.17, 15) is 0 Å². The Morgan fingerprint density at radius 2 is 2.26 bits per heavy atom. The van der Waals surface area contributed by atoms with Gasteiger partial charge in [-0.2, -0.15) is 0 Å². The molecule has 124 valence electrons. The van der Waals surface area contributed by atoms with Crippen LogP contribution in [0.15, 0.2) is 42.6 Å². The first-order valence-electron chi connectivity index (χ1n) is 7.47. The summed E-state index contributed by atoms with van der Waals surface area (Å²) in [4.78, 5) is 4.30. The number of nitrogens with one attached hydrogen (secondary N) is 2. The van der Waals surface area contributed by atoms with Crippen LogP contribution in [0.1, 0.15) is 11.3 Å². The fraction of sp³-hybridized carbons (Fsp3) is 0.294. The summed E-state index contributed by atoms with van der Waals surface area (Å²) in [6.07, 6.45) is 1.80. The topological polar surface area (TPSA) is 46.2 Å². The summed E-state index contributed by atoms with van der Waals surface area (Å²) in [6, 6.07) is 12.3. The number of aromatic nitrogens is 1. The second kappa shape index (κ2) is 8.93. The molecule has 1 aromatic heterocycles. The Morgan fingerprint density at radius 1 is 1.30 bits per heavy atom. The van der Waals surface area contributed by atoms with E-state index in [1.807, 2.05) is 25.2 Å². The molecule has 2 aromatic rings. The van der Waals surface area contributed by atoms with Gasteiger partial charge in [0.05, 0.1) is 0 Å². The van der Waals surface area contributed by atoms with Gasteiger partial charge in [0, 0.05) is 0 Å². The van der Waals surface area contributed by atoms with E-state index in [4.69, 9.17) is 4.74 Å². The van der Waals surface area contributed by atoms with Gasteiger partial charge in [-0.25, -0.2) is 0 Å². The normalized spacial score (nSPS) is 13.0. The van der Waals surface area contributed by atoms with Crippen LogP contribution in [0.25, 0.3) is 0 Å². The van der Waals surface area contributed by atoms with E-state index in [2.05, 4.69) is 32.0 Å². The number of nitrogens with zero attached hydrogens (tertiary/aromatic N) is 1. The molecule has 3 rings (SSSR count). The second-order valence-electron chi connectivity index (χ2n) is 5.03. The van der Waals surface area contributed by atoms with Crippen LogP contribution in [0.5, 0.6) is 5.75 Å². The molecule has 23 heavy (non-hydrogen) atoms. The number of alkyl halides is 2. The van der Waals surface area contributed by atoms with E-state index in [1.54, 1.807) is 9.71 Å². The first-order chi connectivity index (χ1) is 11.4. The summed E-state index contributed by atoms with van der Waals surface area (Å²) >= 11 is 0.225. The molecule has 0 aliphatic carbocycles. The van der Waals surface area contributed by atoms with E-state index >= 15 is 0 Å². The molecule has 1 aliphatic rings. The van der Waals surface area contributed by atoms with Crippen molar-refractivity contribution in [1.29, 1.82) is 0 Å². The molecule has 0 unspecified atom stereocenters. The van der Waals surface area contributed by atoms with Crippen LogP contribution in [0.2, 0.25) is 0 Å². The summed E-state index contributed by atoms with van der Waals surface area (Å²) in [6.45, 7) is 1.67. The molecule has 1 aromatic carbocycles. The Morgan fingerprint density at radius 3 is 3.09 bits per heavy atom. The van der Waals surface area contributed by atoms with Gasteiger partial charge >= 0.3 is 159 Å². The van der Waals surface area contributed by atoms with Gasteiger partial charge in [0.1, 0.15) is 0 Å². The van der Waals surface area contributed by atoms with Crippen LogP contribution in [0, 0.1) is 0 Å². The molecule has 4 nitrogen and oxygen atoms in total. The van der Waals surface area contributed by atoms with E-state index in [0.29, 0.717) is 6.61 Å². The quantitative estimate of drug-likeness (QED) is 0.213. The molecule has 0 amide bonds. The van der Waals surface area contributed by atoms with Crippen molar-refractivity contribution in [2.24, 2.45) is 0 Å². The van der Waals surface area contributed by atoms with Crippen LogP contribution in [0.3, 0.4) is 0 Å². The maximum absolute atomic E-state index is 5.92. The Balaban J connectivity index is 1.61. The number of anilines is 1. The molecule has 0 saturated carbocycles. The SMILES string of the molecule is CNCC[I-]CC1=INc2ccc(OCc3ccccn3)cc21. The maximum atomic E-state index is 5.92. The fourth-order valence-electron chi connectivity index (χ4n) is 2.13. The third kappa shape index (κ3) is 4.87. The molecule has 2 heterocycles. The van der Waals surface area contributed by atoms with Crippen molar-refractivity contribution in [2.75, 3.05) is 26.0 Å². The standard InChI is InChI=1S/C17H20I2N3O/c1-20-9-7-18-11-16-15-10-14(5-6-17(15)22-19-16)23-12-13-4-2-3-8-21-13/h2-6,8,10,20,22H,7,9,11-12H2,1H3/q-1. The zero-order chi connectivity index (χ0) is 15.9. The van der Waals surface area contributed by atoms with Gasteiger partial charge < -0.3 is 0 Å². The predicted molar refractivity (Wildman–Crippen MR) is 100 cm³/mol. The van der Waals surface area contributed by atoms with Gasteiger partial charge in [0.25, 0.3) is 0 Å². The number of hydrogen-bond acceptors (Lipinski definition) is 4. The van der Waals surface area contributed by atoms with Crippen molar-refractivity contribution in [3.63, 3.8) is 0 Å². The first kappa shape index (κ1) is 17.1.